The van der Waals surface area contributed by atoms with Crippen LogP contribution in [0.25, 0.3) is 0 Å². The number of nitrogens with zero attached hydrogens (tertiary/aromatic N) is 1. The predicted molar refractivity (Wildman–Crippen MR) is 68.4 cm³/mol. The van der Waals surface area contributed by atoms with E-state index in [1.54, 1.807) is 24.5 Å². The highest BCUT2D eigenvalue weighted by Gasteiger charge is 2.06. The third-order valence-corrected chi connectivity index (χ3v) is 3.93. The molecule has 0 saturated carbocycles. The van der Waals surface area contributed by atoms with E-state index in [4.69, 9.17) is 0 Å². The Balaban J connectivity index is 2.17. The quantitative estimate of drug-likeness (QED) is 0.870. The zero-order chi connectivity index (χ0) is 12.3. The van der Waals surface area contributed by atoms with E-state index in [-0.39, 0.29) is 5.82 Å². The Morgan fingerprint density at radius 2 is 2.12 bits per heavy atom. The Morgan fingerprint density at radius 1 is 1.29 bits per heavy atom. The largest absolute Gasteiger partial charge is 0.263 e. The predicted octanol–water partition coefficient (Wildman–Crippen LogP) is 3.29. The lowest BCUT2D eigenvalue weighted by Gasteiger charge is -2.03. The van der Waals surface area contributed by atoms with Crippen LogP contribution in [0.3, 0.4) is 0 Å². The zero-order valence-corrected chi connectivity index (χ0v) is 11.2. The fourth-order valence-electron chi connectivity index (χ4n) is 1.38. The molecule has 0 aliphatic heterocycles. The van der Waals surface area contributed by atoms with E-state index in [2.05, 4.69) is 20.9 Å². The highest BCUT2D eigenvalue weighted by Crippen LogP contribution is 2.15. The van der Waals surface area contributed by atoms with Crippen molar-refractivity contribution in [1.82, 2.24) is 4.98 Å². The molecule has 0 aliphatic rings. The minimum atomic E-state index is -1.25. The molecule has 2 nitrogen and oxygen atoms in total. The Kier molecular flexibility index (Phi) is 4.02. The average Bonchev–Trinajstić information content (AvgIpc) is 2.29. The molecule has 17 heavy (non-hydrogen) atoms. The third-order valence-electron chi connectivity index (χ3n) is 2.12. The second kappa shape index (κ2) is 5.51. The molecule has 0 aliphatic carbocycles. The molecular weight excluding hydrogens is 305 g/mol. The molecule has 1 atom stereocenters. The maximum Gasteiger partial charge on any atom is 0.124 e. The van der Waals surface area contributed by atoms with E-state index >= 15 is 0 Å². The van der Waals surface area contributed by atoms with Crippen LogP contribution in [0.15, 0.2) is 52.1 Å². The molecule has 0 spiro atoms. The first-order chi connectivity index (χ1) is 8.15. The fourth-order valence-corrected chi connectivity index (χ4v) is 2.89. The molecule has 0 fully saturated rings. The maximum absolute atomic E-state index is 13.0. The van der Waals surface area contributed by atoms with E-state index in [9.17, 15) is 8.60 Å². The molecular formula is C12H9BrFNOS. The normalized spacial score (nSPS) is 12.4. The van der Waals surface area contributed by atoms with Gasteiger partial charge in [-0.2, -0.15) is 0 Å². The first kappa shape index (κ1) is 12.4. The number of hydrogen-bond donors (Lipinski definition) is 0. The van der Waals surface area contributed by atoms with Crippen molar-refractivity contribution in [2.45, 2.75) is 10.6 Å². The summed E-state index contributed by atoms with van der Waals surface area (Å²) in [4.78, 5) is 4.48. The minimum Gasteiger partial charge on any atom is -0.263 e. The number of aromatic nitrogens is 1. The lowest BCUT2D eigenvalue weighted by atomic mass is 10.3. The van der Waals surface area contributed by atoms with Gasteiger partial charge in [-0.25, -0.2) is 4.39 Å². The molecule has 0 radical (unpaired) electrons. The third kappa shape index (κ3) is 3.44. The van der Waals surface area contributed by atoms with Crippen molar-refractivity contribution in [1.29, 1.82) is 0 Å². The topological polar surface area (TPSA) is 30.0 Å². The lowest BCUT2D eigenvalue weighted by molar-refractivity contribution is 0.622. The molecule has 1 unspecified atom stereocenters. The van der Waals surface area contributed by atoms with Crippen LogP contribution in [-0.2, 0) is 16.6 Å². The molecule has 1 heterocycles. The van der Waals surface area contributed by atoms with Crippen LogP contribution in [0, 0.1) is 5.82 Å². The summed E-state index contributed by atoms with van der Waals surface area (Å²) in [6.07, 6.45) is 3.32. The van der Waals surface area contributed by atoms with Crippen molar-refractivity contribution < 1.29 is 8.60 Å². The summed E-state index contributed by atoms with van der Waals surface area (Å²) in [6, 6.07) is 7.69. The zero-order valence-electron chi connectivity index (χ0n) is 8.77. The van der Waals surface area contributed by atoms with Gasteiger partial charge in [0.1, 0.15) is 5.82 Å². The van der Waals surface area contributed by atoms with Gasteiger partial charge in [-0.05, 0) is 45.8 Å². The van der Waals surface area contributed by atoms with Gasteiger partial charge in [0.15, 0.2) is 0 Å². The van der Waals surface area contributed by atoms with Gasteiger partial charge in [-0.15, -0.1) is 0 Å². The molecule has 88 valence electrons. The van der Waals surface area contributed by atoms with E-state index < -0.39 is 10.8 Å². The highest BCUT2D eigenvalue weighted by atomic mass is 79.9. The standard InChI is InChI=1S/C12H9BrFNOS/c13-10-4-9(6-15-7-10)8-17(16)12-3-1-2-11(14)5-12/h1-7H,8H2. The van der Waals surface area contributed by atoms with Crippen molar-refractivity contribution in [3.63, 3.8) is 0 Å². The second-order valence-electron chi connectivity index (χ2n) is 3.46. The number of benzene rings is 1. The highest BCUT2D eigenvalue weighted by molar-refractivity contribution is 9.10. The van der Waals surface area contributed by atoms with E-state index in [0.29, 0.717) is 10.6 Å². The van der Waals surface area contributed by atoms with E-state index in [1.807, 2.05) is 6.07 Å². The first-order valence-corrected chi connectivity index (χ1v) is 7.00. The van der Waals surface area contributed by atoms with Crippen LogP contribution in [0.1, 0.15) is 5.56 Å². The number of pyridine rings is 1. The molecule has 1 aromatic carbocycles. The molecule has 5 heteroatoms. The molecule has 0 saturated heterocycles. The van der Waals surface area contributed by atoms with Crippen LogP contribution in [0.5, 0.6) is 0 Å². The van der Waals surface area contributed by atoms with E-state index in [1.165, 1.54) is 12.1 Å². The van der Waals surface area contributed by atoms with Gasteiger partial charge in [0.2, 0.25) is 0 Å². The van der Waals surface area contributed by atoms with Crippen molar-refractivity contribution in [2.75, 3.05) is 0 Å². The van der Waals surface area contributed by atoms with Crippen LogP contribution in [0.2, 0.25) is 0 Å². The van der Waals surface area contributed by atoms with E-state index in [0.717, 1.165) is 10.0 Å². The summed E-state index contributed by atoms with van der Waals surface area (Å²) in [7, 11) is -1.25. The van der Waals surface area contributed by atoms with Gasteiger partial charge in [0.25, 0.3) is 0 Å². The van der Waals surface area contributed by atoms with Gasteiger partial charge in [0.05, 0.1) is 16.6 Å². The van der Waals surface area contributed by atoms with Gasteiger partial charge in [-0.3, -0.25) is 9.19 Å². The van der Waals surface area contributed by atoms with Crippen molar-refractivity contribution in [3.8, 4) is 0 Å². The second-order valence-corrected chi connectivity index (χ2v) is 5.83. The van der Waals surface area contributed by atoms with Crippen molar-refractivity contribution in [3.05, 3.63) is 58.6 Å². The Labute approximate surface area is 109 Å². The fraction of sp³-hybridized carbons (Fsp3) is 0.0833. The smallest absolute Gasteiger partial charge is 0.124 e. The summed E-state index contributed by atoms with van der Waals surface area (Å²) in [6.45, 7) is 0. The monoisotopic (exact) mass is 313 g/mol. The first-order valence-electron chi connectivity index (χ1n) is 4.88. The molecule has 2 aromatic rings. The summed E-state index contributed by atoms with van der Waals surface area (Å²) in [5, 5.41) is 0. The van der Waals surface area contributed by atoms with Crippen LogP contribution < -0.4 is 0 Å². The van der Waals surface area contributed by atoms with Gasteiger partial charge in [-0.1, -0.05) is 6.07 Å². The Bertz CT molecular complexity index is 562. The number of hydrogen-bond acceptors (Lipinski definition) is 2. The molecule has 0 N–H and O–H groups in total. The van der Waals surface area contributed by atoms with Crippen molar-refractivity contribution in [2.24, 2.45) is 0 Å². The average molecular weight is 314 g/mol. The number of rotatable bonds is 3. The Hall–Kier alpha value is -1.07. The van der Waals surface area contributed by atoms with Gasteiger partial charge < -0.3 is 0 Å². The number of halogens is 2. The molecule has 2 rings (SSSR count). The molecule has 0 amide bonds. The molecule has 1 aromatic heterocycles. The maximum atomic E-state index is 13.0. The summed E-state index contributed by atoms with van der Waals surface area (Å²) >= 11 is 3.30. The SMILES string of the molecule is O=S(Cc1cncc(Br)c1)c1cccc(F)c1. The van der Waals surface area contributed by atoms with Gasteiger partial charge >= 0.3 is 0 Å². The van der Waals surface area contributed by atoms with Gasteiger partial charge in [0, 0.05) is 21.8 Å². The summed E-state index contributed by atoms with van der Waals surface area (Å²) in [5.74, 6) is -0.0428. The van der Waals surface area contributed by atoms with Crippen molar-refractivity contribution >= 4 is 26.7 Å². The molecule has 0 bridgehead atoms. The minimum absolute atomic E-state index is 0.329. The van der Waals surface area contributed by atoms with Crippen LogP contribution in [-0.4, -0.2) is 9.19 Å². The van der Waals surface area contributed by atoms with Crippen LogP contribution in [0.4, 0.5) is 4.39 Å². The Morgan fingerprint density at radius 3 is 2.82 bits per heavy atom. The van der Waals surface area contributed by atoms with Crippen LogP contribution >= 0.6 is 15.9 Å². The summed E-state index contributed by atoms with van der Waals surface area (Å²) in [5.41, 5.74) is 0.849. The summed E-state index contributed by atoms with van der Waals surface area (Å²) < 4.78 is 25.8. The lowest BCUT2D eigenvalue weighted by Crippen LogP contribution is -1.97.